The maximum atomic E-state index is 11.2. The Labute approximate surface area is 73.1 Å². The van der Waals surface area contributed by atoms with Crippen LogP contribution in [0.15, 0.2) is 0 Å². The average Bonchev–Trinajstić information content (AvgIpc) is 1.80. The topological polar surface area (TPSA) is 58.4 Å². The third-order valence-electron chi connectivity index (χ3n) is 2.33. The van der Waals surface area contributed by atoms with E-state index in [1.54, 1.807) is 0 Å². The molecule has 1 amide bonds. The van der Waals surface area contributed by atoms with Crippen LogP contribution >= 0.6 is 0 Å². The summed E-state index contributed by atoms with van der Waals surface area (Å²) in [5.41, 5.74) is 2.25. The van der Waals surface area contributed by atoms with E-state index in [0.29, 0.717) is 0 Å². The molecule has 1 rings (SSSR count). The molecule has 3 N–H and O–H groups in total. The summed E-state index contributed by atoms with van der Waals surface area (Å²) in [5.74, 6) is 4.99. The first-order valence-electron chi connectivity index (χ1n) is 4.24. The van der Waals surface area contributed by atoms with Crippen LogP contribution in [0.1, 0.15) is 27.2 Å². The van der Waals surface area contributed by atoms with Crippen molar-refractivity contribution in [3.05, 3.63) is 0 Å². The Morgan fingerprint density at radius 3 is 2.42 bits per heavy atom. The van der Waals surface area contributed by atoms with Crippen LogP contribution in [0.3, 0.4) is 0 Å². The SMILES string of the molecule is CC(C)(C)N1CC[C@H]1C(=O)NN. The monoisotopic (exact) mass is 171 g/mol. The van der Waals surface area contributed by atoms with Gasteiger partial charge in [0.1, 0.15) is 0 Å². The molecule has 12 heavy (non-hydrogen) atoms. The fourth-order valence-corrected chi connectivity index (χ4v) is 1.56. The summed E-state index contributed by atoms with van der Waals surface area (Å²) in [5, 5.41) is 0. The highest BCUT2D eigenvalue weighted by molar-refractivity contribution is 5.82. The minimum absolute atomic E-state index is 0.0185. The molecular formula is C8H17N3O. The van der Waals surface area contributed by atoms with E-state index in [4.69, 9.17) is 5.84 Å². The smallest absolute Gasteiger partial charge is 0.251 e. The molecular weight excluding hydrogens is 154 g/mol. The van der Waals surface area contributed by atoms with E-state index in [2.05, 4.69) is 31.1 Å². The summed E-state index contributed by atoms with van der Waals surface area (Å²) in [6, 6.07) is -0.0185. The maximum absolute atomic E-state index is 11.2. The number of hydrogen-bond donors (Lipinski definition) is 2. The number of hydrogen-bond acceptors (Lipinski definition) is 3. The van der Waals surface area contributed by atoms with Gasteiger partial charge in [-0.1, -0.05) is 0 Å². The minimum Gasteiger partial charge on any atom is -0.293 e. The van der Waals surface area contributed by atoms with Gasteiger partial charge in [-0.2, -0.15) is 0 Å². The Bertz CT molecular complexity index is 185. The summed E-state index contributed by atoms with van der Waals surface area (Å²) in [6.07, 6.45) is 0.917. The van der Waals surface area contributed by atoms with Crippen LogP contribution < -0.4 is 11.3 Å². The van der Waals surface area contributed by atoms with Crippen LogP contribution in [0.4, 0.5) is 0 Å². The van der Waals surface area contributed by atoms with Gasteiger partial charge in [0.15, 0.2) is 0 Å². The lowest BCUT2D eigenvalue weighted by molar-refractivity contribution is -0.135. The highest BCUT2D eigenvalue weighted by atomic mass is 16.2. The van der Waals surface area contributed by atoms with E-state index in [0.717, 1.165) is 13.0 Å². The molecule has 4 nitrogen and oxygen atoms in total. The maximum Gasteiger partial charge on any atom is 0.251 e. The second kappa shape index (κ2) is 3.03. The summed E-state index contributed by atoms with van der Waals surface area (Å²) in [7, 11) is 0. The number of nitrogens with one attached hydrogen (secondary N) is 1. The van der Waals surface area contributed by atoms with Gasteiger partial charge in [-0.15, -0.1) is 0 Å². The molecule has 1 saturated heterocycles. The molecule has 1 fully saturated rings. The minimum atomic E-state index is -0.0730. The first kappa shape index (κ1) is 9.48. The zero-order valence-corrected chi connectivity index (χ0v) is 7.92. The van der Waals surface area contributed by atoms with E-state index < -0.39 is 0 Å². The molecule has 0 bridgehead atoms. The van der Waals surface area contributed by atoms with Crippen molar-refractivity contribution in [2.24, 2.45) is 5.84 Å². The van der Waals surface area contributed by atoms with Crippen LogP contribution in [-0.2, 0) is 4.79 Å². The van der Waals surface area contributed by atoms with Crippen LogP contribution in [0.25, 0.3) is 0 Å². The van der Waals surface area contributed by atoms with Crippen molar-refractivity contribution in [2.75, 3.05) is 6.54 Å². The van der Waals surface area contributed by atoms with Crippen LogP contribution in [0.5, 0.6) is 0 Å². The lowest BCUT2D eigenvalue weighted by Gasteiger charge is -2.48. The van der Waals surface area contributed by atoms with Crippen molar-refractivity contribution in [1.82, 2.24) is 10.3 Å². The zero-order chi connectivity index (χ0) is 9.35. The molecule has 0 aromatic carbocycles. The van der Waals surface area contributed by atoms with E-state index in [1.165, 1.54) is 0 Å². The zero-order valence-electron chi connectivity index (χ0n) is 7.92. The lowest BCUT2D eigenvalue weighted by Crippen LogP contribution is -2.63. The van der Waals surface area contributed by atoms with Gasteiger partial charge >= 0.3 is 0 Å². The fourth-order valence-electron chi connectivity index (χ4n) is 1.56. The highest BCUT2D eigenvalue weighted by Crippen LogP contribution is 2.26. The molecule has 70 valence electrons. The molecule has 0 spiro atoms. The number of rotatable bonds is 1. The first-order valence-corrected chi connectivity index (χ1v) is 4.24. The molecule has 0 radical (unpaired) electrons. The number of amides is 1. The van der Waals surface area contributed by atoms with Gasteiger partial charge in [0.25, 0.3) is 5.91 Å². The molecule has 0 aromatic rings. The molecule has 0 aliphatic carbocycles. The third kappa shape index (κ3) is 1.59. The average molecular weight is 171 g/mol. The predicted octanol–water partition coefficient (Wildman–Crippen LogP) is -0.151. The predicted molar refractivity (Wildman–Crippen MR) is 47.2 cm³/mol. The van der Waals surface area contributed by atoms with E-state index in [9.17, 15) is 4.79 Å². The number of nitrogens with zero attached hydrogens (tertiary/aromatic N) is 1. The quantitative estimate of drug-likeness (QED) is 0.328. The van der Waals surface area contributed by atoms with Crippen molar-refractivity contribution >= 4 is 5.91 Å². The van der Waals surface area contributed by atoms with Gasteiger partial charge in [-0.25, -0.2) is 5.84 Å². The Hall–Kier alpha value is -0.610. The molecule has 0 aromatic heterocycles. The van der Waals surface area contributed by atoms with E-state index in [1.807, 2.05) is 0 Å². The Balaban J connectivity index is 2.55. The van der Waals surface area contributed by atoms with Gasteiger partial charge in [0, 0.05) is 12.1 Å². The number of likely N-dealkylation sites (tertiary alicyclic amines) is 1. The summed E-state index contributed by atoms with van der Waals surface area (Å²) >= 11 is 0. The summed E-state index contributed by atoms with van der Waals surface area (Å²) in [4.78, 5) is 13.3. The largest absolute Gasteiger partial charge is 0.293 e. The Morgan fingerprint density at radius 1 is 1.58 bits per heavy atom. The summed E-state index contributed by atoms with van der Waals surface area (Å²) in [6.45, 7) is 7.29. The standard InChI is InChI=1S/C8H17N3O/c1-8(2,3)11-5-4-6(11)7(12)10-9/h6H,4-5,9H2,1-3H3,(H,10,12)/t6-/m0/s1. The second-order valence-electron chi connectivity index (χ2n) is 4.18. The molecule has 0 saturated carbocycles. The number of nitrogens with two attached hydrogens (primary N) is 1. The molecule has 4 heteroatoms. The normalized spacial score (nSPS) is 24.8. The molecule has 1 aliphatic rings. The summed E-state index contributed by atoms with van der Waals surface area (Å²) < 4.78 is 0. The van der Waals surface area contributed by atoms with E-state index in [-0.39, 0.29) is 17.5 Å². The molecule has 0 unspecified atom stereocenters. The van der Waals surface area contributed by atoms with Crippen molar-refractivity contribution in [3.63, 3.8) is 0 Å². The van der Waals surface area contributed by atoms with Crippen molar-refractivity contribution in [2.45, 2.75) is 38.8 Å². The Kier molecular flexibility index (Phi) is 2.39. The van der Waals surface area contributed by atoms with Gasteiger partial charge in [0.2, 0.25) is 0 Å². The van der Waals surface area contributed by atoms with Crippen molar-refractivity contribution < 1.29 is 4.79 Å². The highest BCUT2D eigenvalue weighted by Gasteiger charge is 2.39. The number of carbonyl (C=O) groups excluding carboxylic acids is 1. The second-order valence-corrected chi connectivity index (χ2v) is 4.18. The molecule has 1 aliphatic heterocycles. The third-order valence-corrected chi connectivity index (χ3v) is 2.33. The van der Waals surface area contributed by atoms with Crippen LogP contribution in [0.2, 0.25) is 0 Å². The fraction of sp³-hybridized carbons (Fsp3) is 0.875. The molecule has 1 atom stereocenters. The first-order chi connectivity index (χ1) is 5.46. The number of carbonyl (C=O) groups is 1. The Morgan fingerprint density at radius 2 is 2.17 bits per heavy atom. The van der Waals surface area contributed by atoms with Gasteiger partial charge in [-0.3, -0.25) is 15.1 Å². The van der Waals surface area contributed by atoms with E-state index >= 15 is 0 Å². The van der Waals surface area contributed by atoms with Crippen LogP contribution in [0, 0.1) is 0 Å². The van der Waals surface area contributed by atoms with Gasteiger partial charge in [0.05, 0.1) is 6.04 Å². The lowest BCUT2D eigenvalue weighted by atomic mass is 9.93. The number of hydrazine groups is 1. The van der Waals surface area contributed by atoms with Gasteiger partial charge < -0.3 is 0 Å². The van der Waals surface area contributed by atoms with Crippen LogP contribution in [-0.4, -0.2) is 28.9 Å². The van der Waals surface area contributed by atoms with Crippen molar-refractivity contribution in [3.8, 4) is 0 Å². The van der Waals surface area contributed by atoms with Gasteiger partial charge in [-0.05, 0) is 27.2 Å². The van der Waals surface area contributed by atoms with Crippen molar-refractivity contribution in [1.29, 1.82) is 0 Å². The molecule has 1 heterocycles.